The first kappa shape index (κ1) is 12.0. The summed E-state index contributed by atoms with van der Waals surface area (Å²) in [5.41, 5.74) is -1.36. The van der Waals surface area contributed by atoms with Crippen molar-refractivity contribution in [3.8, 4) is 0 Å². The van der Waals surface area contributed by atoms with Gasteiger partial charge in [-0.25, -0.2) is 14.0 Å². The first-order chi connectivity index (χ1) is 6.04. The van der Waals surface area contributed by atoms with E-state index in [0.717, 1.165) is 18.2 Å². The monoisotopic (exact) mass is 202 g/mol. The Bertz CT molecular complexity index is 374. The maximum atomic E-state index is 12.8. The Morgan fingerprint density at radius 2 is 1.71 bits per heavy atom. The number of carbonyl (C=O) groups is 2. The largest absolute Gasteiger partial charge is 0.478 e. The highest BCUT2D eigenvalue weighted by atomic mass is 19.1. The lowest BCUT2D eigenvalue weighted by molar-refractivity contribution is 0.0647. The average Bonchev–Trinajstić information content (AvgIpc) is 2.02. The molecule has 4 N–H and O–H groups in total. The molecule has 6 heteroatoms. The molecule has 0 radical (unpaired) electrons. The molecule has 0 bridgehead atoms. The van der Waals surface area contributed by atoms with E-state index in [1.807, 2.05) is 0 Å². The summed E-state index contributed by atoms with van der Waals surface area (Å²) in [5, 5.41) is 17.0. The Balaban J connectivity index is 0.00000169. The molecule has 0 spiro atoms. The number of rotatable bonds is 2. The molecule has 0 aliphatic carbocycles. The highest BCUT2D eigenvalue weighted by Crippen LogP contribution is 2.13. The molecule has 0 saturated heterocycles. The molecule has 0 atom stereocenters. The van der Waals surface area contributed by atoms with Gasteiger partial charge in [-0.1, -0.05) is 6.07 Å². The van der Waals surface area contributed by atoms with Crippen LogP contribution in [0.1, 0.15) is 20.7 Å². The Kier molecular flexibility index (Phi) is 3.73. The number of carboxylic acids is 2. The quantitative estimate of drug-likeness (QED) is 0.723. The van der Waals surface area contributed by atoms with Crippen molar-refractivity contribution in [1.82, 2.24) is 0 Å². The summed E-state index contributed by atoms with van der Waals surface area (Å²) in [6.45, 7) is 0. The van der Waals surface area contributed by atoms with E-state index in [1.54, 1.807) is 0 Å². The van der Waals surface area contributed by atoms with Crippen LogP contribution in [-0.2, 0) is 0 Å². The minimum Gasteiger partial charge on any atom is -0.478 e. The van der Waals surface area contributed by atoms with E-state index in [2.05, 4.69) is 0 Å². The number of carboxylic acid groups (broad SMARTS) is 2. The van der Waals surface area contributed by atoms with Crippen LogP contribution in [0.4, 0.5) is 4.39 Å². The molecule has 0 fully saturated rings. The molecule has 0 heterocycles. The predicted octanol–water partition coefficient (Wildman–Crippen LogP) is 0.397. The Labute approximate surface area is 77.7 Å². The highest BCUT2D eigenvalue weighted by Gasteiger charge is 2.19. The normalized spacial score (nSPS) is 8.93. The van der Waals surface area contributed by atoms with E-state index in [1.165, 1.54) is 0 Å². The van der Waals surface area contributed by atoms with Gasteiger partial charge in [0.2, 0.25) is 0 Å². The summed E-state index contributed by atoms with van der Waals surface area (Å²) >= 11 is 0. The summed E-state index contributed by atoms with van der Waals surface area (Å²) in [6.07, 6.45) is 0. The van der Waals surface area contributed by atoms with Crippen molar-refractivity contribution in [2.75, 3.05) is 0 Å². The second-order valence-corrected chi connectivity index (χ2v) is 2.27. The molecular formula is C8H7FO5. The second-order valence-electron chi connectivity index (χ2n) is 2.27. The van der Waals surface area contributed by atoms with Crippen LogP contribution in [0, 0.1) is 5.82 Å². The molecule has 0 amide bonds. The lowest BCUT2D eigenvalue weighted by atomic mass is 10.1. The smallest absolute Gasteiger partial charge is 0.339 e. The first-order valence-corrected chi connectivity index (χ1v) is 3.29. The van der Waals surface area contributed by atoms with Crippen LogP contribution >= 0.6 is 0 Å². The van der Waals surface area contributed by atoms with Gasteiger partial charge >= 0.3 is 11.9 Å². The fraction of sp³-hybridized carbons (Fsp3) is 0. The van der Waals surface area contributed by atoms with Crippen molar-refractivity contribution in [2.45, 2.75) is 0 Å². The van der Waals surface area contributed by atoms with Crippen molar-refractivity contribution in [3.63, 3.8) is 0 Å². The van der Waals surface area contributed by atoms with E-state index in [4.69, 9.17) is 10.2 Å². The van der Waals surface area contributed by atoms with Crippen LogP contribution in [0.2, 0.25) is 0 Å². The van der Waals surface area contributed by atoms with E-state index in [-0.39, 0.29) is 5.48 Å². The lowest BCUT2D eigenvalue weighted by Crippen LogP contribution is -2.10. The topological polar surface area (TPSA) is 106 Å². The van der Waals surface area contributed by atoms with Crippen LogP contribution < -0.4 is 0 Å². The fourth-order valence-electron chi connectivity index (χ4n) is 0.920. The van der Waals surface area contributed by atoms with Gasteiger partial charge in [-0.3, -0.25) is 0 Å². The third-order valence-electron chi connectivity index (χ3n) is 1.46. The van der Waals surface area contributed by atoms with Crippen LogP contribution in [0.25, 0.3) is 0 Å². The first-order valence-electron chi connectivity index (χ1n) is 3.29. The fourth-order valence-corrected chi connectivity index (χ4v) is 0.920. The molecule has 1 aromatic rings. The second kappa shape index (κ2) is 4.33. The molecule has 5 nitrogen and oxygen atoms in total. The number of hydrogen-bond acceptors (Lipinski definition) is 2. The van der Waals surface area contributed by atoms with Gasteiger partial charge < -0.3 is 15.7 Å². The van der Waals surface area contributed by atoms with Crippen molar-refractivity contribution >= 4 is 11.9 Å². The molecule has 0 aromatic heterocycles. The summed E-state index contributed by atoms with van der Waals surface area (Å²) in [7, 11) is 0. The molecule has 0 aliphatic rings. The van der Waals surface area contributed by atoms with E-state index < -0.39 is 28.9 Å². The molecule has 0 saturated carbocycles. The molecule has 76 valence electrons. The van der Waals surface area contributed by atoms with Crippen molar-refractivity contribution in [2.24, 2.45) is 0 Å². The third-order valence-corrected chi connectivity index (χ3v) is 1.46. The van der Waals surface area contributed by atoms with Gasteiger partial charge in [-0.2, -0.15) is 0 Å². The van der Waals surface area contributed by atoms with Gasteiger partial charge in [0.1, 0.15) is 11.4 Å². The Morgan fingerprint density at radius 1 is 1.14 bits per heavy atom. The van der Waals surface area contributed by atoms with E-state index >= 15 is 0 Å². The lowest BCUT2D eigenvalue weighted by Gasteiger charge is -2.00. The molecule has 0 aliphatic heterocycles. The van der Waals surface area contributed by atoms with Gasteiger partial charge in [0.15, 0.2) is 0 Å². The minimum absolute atomic E-state index is 0. The minimum atomic E-state index is -1.59. The summed E-state index contributed by atoms with van der Waals surface area (Å²) < 4.78 is 12.8. The zero-order chi connectivity index (χ0) is 10.0. The zero-order valence-corrected chi connectivity index (χ0v) is 6.82. The van der Waals surface area contributed by atoms with Crippen molar-refractivity contribution in [1.29, 1.82) is 0 Å². The van der Waals surface area contributed by atoms with Gasteiger partial charge in [-0.15, -0.1) is 0 Å². The maximum Gasteiger partial charge on any atom is 0.339 e. The van der Waals surface area contributed by atoms with Crippen LogP contribution in [0.15, 0.2) is 18.2 Å². The third kappa shape index (κ3) is 2.05. The number of benzene rings is 1. The van der Waals surface area contributed by atoms with Crippen molar-refractivity contribution in [3.05, 3.63) is 35.1 Å². The predicted molar refractivity (Wildman–Crippen MR) is 43.9 cm³/mol. The molecule has 14 heavy (non-hydrogen) atoms. The molecular weight excluding hydrogens is 195 g/mol. The molecule has 0 unspecified atom stereocenters. The highest BCUT2D eigenvalue weighted by molar-refractivity contribution is 6.01. The zero-order valence-electron chi connectivity index (χ0n) is 6.82. The van der Waals surface area contributed by atoms with Gasteiger partial charge in [0.05, 0.1) is 5.56 Å². The van der Waals surface area contributed by atoms with Gasteiger partial charge in [0, 0.05) is 0 Å². The van der Waals surface area contributed by atoms with Gasteiger partial charge in [0.25, 0.3) is 0 Å². The van der Waals surface area contributed by atoms with Gasteiger partial charge in [-0.05, 0) is 12.1 Å². The summed E-state index contributed by atoms with van der Waals surface area (Å²) in [5.74, 6) is -4.10. The standard InChI is InChI=1S/C8H5FO4.H2O/c9-5-3-1-2-4(7(10)11)6(5)8(12)13;/h1-3H,(H,10,11)(H,12,13);1H2. The number of hydrogen-bond donors (Lipinski definition) is 2. The van der Waals surface area contributed by atoms with Crippen molar-refractivity contribution < 1.29 is 29.7 Å². The maximum absolute atomic E-state index is 12.8. The van der Waals surface area contributed by atoms with E-state index in [9.17, 15) is 14.0 Å². The number of aromatic carboxylic acids is 2. The summed E-state index contributed by atoms with van der Waals surface area (Å²) in [4.78, 5) is 20.9. The van der Waals surface area contributed by atoms with Crippen LogP contribution in [0.5, 0.6) is 0 Å². The molecule has 1 aromatic carbocycles. The Hall–Kier alpha value is -1.95. The van der Waals surface area contributed by atoms with E-state index in [0.29, 0.717) is 0 Å². The SMILES string of the molecule is O.O=C(O)c1cccc(F)c1C(=O)O. The van der Waals surface area contributed by atoms with Crippen LogP contribution in [-0.4, -0.2) is 27.6 Å². The summed E-state index contributed by atoms with van der Waals surface area (Å²) in [6, 6.07) is 3.08. The van der Waals surface area contributed by atoms with Crippen LogP contribution in [0.3, 0.4) is 0 Å². The number of halogens is 1. The average molecular weight is 202 g/mol. The Morgan fingerprint density at radius 3 is 2.07 bits per heavy atom. The molecule has 1 rings (SSSR count).